The molecule has 2 N–H and O–H groups in total. The molecule has 0 aliphatic rings. The Morgan fingerprint density at radius 1 is 0.953 bits per heavy atom. The molecular formula is C34H44N2O7. The van der Waals surface area contributed by atoms with Crippen LogP contribution in [0.1, 0.15) is 77.5 Å². The lowest BCUT2D eigenvalue weighted by atomic mass is 10.0. The maximum Gasteiger partial charge on any atom is 0.407 e. The number of allylic oxidation sites excluding steroid dienone is 2. The van der Waals surface area contributed by atoms with Gasteiger partial charge in [-0.25, -0.2) is 9.59 Å². The number of benzene rings is 2. The van der Waals surface area contributed by atoms with Crippen LogP contribution in [0.3, 0.4) is 0 Å². The molecule has 0 aliphatic carbocycles. The van der Waals surface area contributed by atoms with E-state index in [0.29, 0.717) is 38.0 Å². The van der Waals surface area contributed by atoms with E-state index in [1.54, 1.807) is 39.0 Å². The molecule has 0 bridgehead atoms. The lowest BCUT2D eigenvalue weighted by Gasteiger charge is -2.20. The monoisotopic (exact) mass is 592 g/mol. The van der Waals surface area contributed by atoms with Crippen molar-refractivity contribution in [3.63, 3.8) is 0 Å². The first kappa shape index (κ1) is 34.8. The molecular weight excluding hydrogens is 548 g/mol. The summed E-state index contributed by atoms with van der Waals surface area (Å²) in [5.74, 6) is -0.940. The van der Waals surface area contributed by atoms with Crippen molar-refractivity contribution in [2.75, 3.05) is 6.54 Å². The normalized spacial score (nSPS) is 11.8. The highest BCUT2D eigenvalue weighted by Gasteiger charge is 2.22. The second kappa shape index (κ2) is 17.5. The summed E-state index contributed by atoms with van der Waals surface area (Å²) in [6.07, 6.45) is 6.53. The van der Waals surface area contributed by atoms with Crippen LogP contribution in [0.2, 0.25) is 0 Å². The largest absolute Gasteiger partial charge is 0.459 e. The lowest BCUT2D eigenvalue weighted by molar-refractivity contribution is -0.149. The first-order chi connectivity index (χ1) is 20.3. The van der Waals surface area contributed by atoms with Gasteiger partial charge in [-0.3, -0.25) is 9.59 Å². The first-order valence-corrected chi connectivity index (χ1v) is 14.4. The smallest absolute Gasteiger partial charge is 0.407 e. The highest BCUT2D eigenvalue weighted by Crippen LogP contribution is 2.23. The highest BCUT2D eigenvalue weighted by atomic mass is 16.6. The maximum atomic E-state index is 13.0. The van der Waals surface area contributed by atoms with Crippen LogP contribution >= 0.6 is 0 Å². The van der Waals surface area contributed by atoms with E-state index in [4.69, 9.17) is 14.2 Å². The Morgan fingerprint density at radius 3 is 2.33 bits per heavy atom. The molecule has 2 aromatic rings. The Balaban J connectivity index is 2.05. The van der Waals surface area contributed by atoms with Crippen LogP contribution in [0.15, 0.2) is 66.3 Å². The van der Waals surface area contributed by atoms with Gasteiger partial charge in [0.25, 0.3) is 0 Å². The van der Waals surface area contributed by atoms with Crippen LogP contribution in [0.25, 0.3) is 6.08 Å². The molecule has 9 heteroatoms. The van der Waals surface area contributed by atoms with Crippen molar-refractivity contribution in [1.82, 2.24) is 10.6 Å². The average molecular weight is 593 g/mol. The summed E-state index contributed by atoms with van der Waals surface area (Å²) in [6.45, 7) is 11.1. The molecule has 0 heterocycles. The number of hydrogen-bond donors (Lipinski definition) is 2. The SMILES string of the molecule is CC(=O)Oc1ccc(/C=C/C(=O)NC(CCCCNC(=O)OC(C)(C)C)C(=O)OCc2ccccc2)cc1CC=C(C)C. The number of alkyl carbamates (subject to hydrolysis) is 1. The zero-order valence-corrected chi connectivity index (χ0v) is 26.0. The van der Waals surface area contributed by atoms with Gasteiger partial charge >= 0.3 is 18.0 Å². The predicted octanol–water partition coefficient (Wildman–Crippen LogP) is 6.06. The molecule has 232 valence electrons. The fraction of sp³-hybridized carbons (Fsp3) is 0.412. The molecule has 2 aromatic carbocycles. The third kappa shape index (κ3) is 14.9. The van der Waals surface area contributed by atoms with E-state index in [1.165, 1.54) is 13.0 Å². The minimum Gasteiger partial charge on any atom is -0.459 e. The molecule has 43 heavy (non-hydrogen) atoms. The van der Waals surface area contributed by atoms with Crippen molar-refractivity contribution in [3.8, 4) is 5.75 Å². The van der Waals surface area contributed by atoms with Crippen LogP contribution in [-0.4, -0.2) is 42.1 Å². The summed E-state index contributed by atoms with van der Waals surface area (Å²) in [5, 5.41) is 5.45. The molecule has 0 saturated carbocycles. The first-order valence-electron chi connectivity index (χ1n) is 14.4. The van der Waals surface area contributed by atoms with E-state index in [0.717, 1.165) is 22.3 Å². The Bertz CT molecular complexity index is 1290. The number of unbranched alkanes of at least 4 members (excludes halogenated alkanes) is 1. The number of ether oxygens (including phenoxy) is 3. The number of carbonyl (C=O) groups is 4. The minimum absolute atomic E-state index is 0.0885. The van der Waals surface area contributed by atoms with Gasteiger partial charge < -0.3 is 24.8 Å². The summed E-state index contributed by atoms with van der Waals surface area (Å²) >= 11 is 0. The van der Waals surface area contributed by atoms with E-state index < -0.39 is 35.6 Å². The van der Waals surface area contributed by atoms with Crippen molar-refractivity contribution in [3.05, 3.63) is 82.9 Å². The number of carbonyl (C=O) groups excluding carboxylic acids is 4. The molecule has 1 unspecified atom stereocenters. The van der Waals surface area contributed by atoms with Crippen molar-refractivity contribution in [2.45, 2.75) is 85.5 Å². The van der Waals surface area contributed by atoms with Crippen LogP contribution in [-0.2, 0) is 36.9 Å². The third-order valence-corrected chi connectivity index (χ3v) is 5.91. The number of amides is 2. The van der Waals surface area contributed by atoms with E-state index in [1.807, 2.05) is 56.3 Å². The predicted molar refractivity (Wildman–Crippen MR) is 166 cm³/mol. The van der Waals surface area contributed by atoms with Crippen LogP contribution in [0.4, 0.5) is 4.79 Å². The average Bonchev–Trinajstić information content (AvgIpc) is 2.93. The lowest BCUT2D eigenvalue weighted by Crippen LogP contribution is -2.41. The third-order valence-electron chi connectivity index (χ3n) is 5.91. The van der Waals surface area contributed by atoms with E-state index in [2.05, 4.69) is 10.6 Å². The standard InChI is InChI=1S/C34H44N2O7/c1-24(2)15-18-28-22-26(16-19-30(28)42-25(3)37)17-20-31(38)36-29(32(39)41-23-27-12-8-7-9-13-27)14-10-11-21-35-33(40)43-34(4,5)6/h7-9,12-13,15-17,19-20,22,29H,10-11,14,18,21,23H2,1-6H3,(H,35,40)(H,36,38)/b20-17+. The maximum absolute atomic E-state index is 13.0. The summed E-state index contributed by atoms with van der Waals surface area (Å²) in [7, 11) is 0. The number of hydrogen-bond acceptors (Lipinski definition) is 7. The molecule has 2 amide bonds. The summed E-state index contributed by atoms with van der Waals surface area (Å²) < 4.78 is 16.1. The Hall–Kier alpha value is -4.40. The summed E-state index contributed by atoms with van der Waals surface area (Å²) in [4.78, 5) is 49.2. The Morgan fingerprint density at radius 2 is 1.67 bits per heavy atom. The van der Waals surface area contributed by atoms with Crippen molar-refractivity contribution < 1.29 is 33.4 Å². The highest BCUT2D eigenvalue weighted by molar-refractivity contribution is 5.94. The quantitative estimate of drug-likeness (QED) is 0.0900. The number of rotatable bonds is 14. The van der Waals surface area contributed by atoms with Gasteiger partial charge in [0, 0.05) is 19.5 Å². The second-order valence-electron chi connectivity index (χ2n) is 11.4. The van der Waals surface area contributed by atoms with Gasteiger partial charge in [-0.15, -0.1) is 0 Å². The van der Waals surface area contributed by atoms with Gasteiger partial charge in [0.1, 0.15) is 24.0 Å². The fourth-order valence-electron chi connectivity index (χ4n) is 3.88. The molecule has 0 saturated heterocycles. The fourth-order valence-corrected chi connectivity index (χ4v) is 3.88. The topological polar surface area (TPSA) is 120 Å². The van der Waals surface area contributed by atoms with Gasteiger partial charge in [-0.05, 0) is 95.2 Å². The van der Waals surface area contributed by atoms with E-state index >= 15 is 0 Å². The van der Waals surface area contributed by atoms with Crippen LogP contribution in [0, 0.1) is 0 Å². The molecule has 9 nitrogen and oxygen atoms in total. The Kier molecular flexibility index (Phi) is 14.2. The van der Waals surface area contributed by atoms with E-state index in [9.17, 15) is 19.2 Å². The van der Waals surface area contributed by atoms with Crippen molar-refractivity contribution in [1.29, 1.82) is 0 Å². The van der Waals surface area contributed by atoms with Crippen molar-refractivity contribution in [2.24, 2.45) is 0 Å². The summed E-state index contributed by atoms with van der Waals surface area (Å²) in [6, 6.07) is 13.7. The minimum atomic E-state index is -0.873. The van der Waals surface area contributed by atoms with Gasteiger partial charge in [0.15, 0.2) is 0 Å². The van der Waals surface area contributed by atoms with Crippen molar-refractivity contribution >= 4 is 30.0 Å². The number of nitrogens with one attached hydrogen (secondary N) is 2. The van der Waals surface area contributed by atoms with Gasteiger partial charge in [-0.2, -0.15) is 0 Å². The Labute approximate surface area is 254 Å². The van der Waals surface area contributed by atoms with Gasteiger partial charge in [-0.1, -0.05) is 48.0 Å². The second-order valence-corrected chi connectivity index (χ2v) is 11.4. The zero-order chi connectivity index (χ0) is 31.8. The molecule has 0 aliphatic heterocycles. The summed E-state index contributed by atoms with van der Waals surface area (Å²) in [5.41, 5.74) is 2.91. The molecule has 0 spiro atoms. The molecule has 0 radical (unpaired) electrons. The zero-order valence-electron chi connectivity index (χ0n) is 26.0. The molecule has 0 aromatic heterocycles. The molecule has 1 atom stereocenters. The van der Waals surface area contributed by atoms with E-state index in [-0.39, 0.29) is 6.61 Å². The number of esters is 2. The van der Waals surface area contributed by atoms with Gasteiger partial charge in [0.05, 0.1) is 0 Å². The van der Waals surface area contributed by atoms with Gasteiger partial charge in [0.2, 0.25) is 5.91 Å². The molecule has 0 fully saturated rings. The van der Waals surface area contributed by atoms with Crippen LogP contribution in [0.5, 0.6) is 5.75 Å². The molecule has 2 rings (SSSR count). The van der Waals surface area contributed by atoms with Crippen LogP contribution < -0.4 is 15.4 Å².